The Morgan fingerprint density at radius 1 is 1.31 bits per heavy atom. The van der Waals surface area contributed by atoms with Crippen molar-refractivity contribution in [3.05, 3.63) is 46.2 Å². The number of carbonyl (C=O) groups is 1. The number of fused-ring (bicyclic) bond motifs is 1. The average molecular weight is 391 g/mol. The molecule has 0 saturated heterocycles. The predicted octanol–water partition coefficient (Wildman–Crippen LogP) is 3.30. The third kappa shape index (κ3) is 3.19. The molecule has 1 aromatic heterocycles. The fraction of sp³-hybridized carbons (Fsp3) is 0.421. The van der Waals surface area contributed by atoms with Crippen LogP contribution < -0.4 is 9.62 Å². The highest BCUT2D eigenvalue weighted by molar-refractivity contribution is 7.89. The van der Waals surface area contributed by atoms with E-state index in [0.717, 1.165) is 35.4 Å². The van der Waals surface area contributed by atoms with Gasteiger partial charge in [0.2, 0.25) is 15.9 Å². The Kier molecular flexibility index (Phi) is 4.62. The van der Waals surface area contributed by atoms with E-state index in [1.54, 1.807) is 18.2 Å². The largest absolute Gasteiger partial charge is 0.309 e. The molecule has 1 N–H and O–H groups in total. The van der Waals surface area contributed by atoms with Crippen LogP contribution in [0.2, 0.25) is 0 Å². The Morgan fingerprint density at radius 3 is 2.77 bits per heavy atom. The van der Waals surface area contributed by atoms with E-state index in [-0.39, 0.29) is 22.8 Å². The normalized spacial score (nSPS) is 20.0. The summed E-state index contributed by atoms with van der Waals surface area (Å²) in [6, 6.07) is 9.00. The van der Waals surface area contributed by atoms with Gasteiger partial charge in [0.05, 0.1) is 4.90 Å². The molecule has 0 spiro atoms. The number of hydrogen-bond acceptors (Lipinski definition) is 4. The SMILES string of the molecule is C[C@@H]1Cc2cc(S(=O)(=O)NCc3cccs3)ccc2N1C(=O)C1CCC1. The van der Waals surface area contributed by atoms with Crippen LogP contribution in [-0.4, -0.2) is 20.4 Å². The van der Waals surface area contributed by atoms with Crippen LogP contribution in [0.4, 0.5) is 5.69 Å². The first-order chi connectivity index (χ1) is 12.5. The minimum Gasteiger partial charge on any atom is -0.309 e. The zero-order chi connectivity index (χ0) is 18.3. The highest BCUT2D eigenvalue weighted by atomic mass is 32.2. The summed E-state index contributed by atoms with van der Waals surface area (Å²) in [5.41, 5.74) is 1.80. The fourth-order valence-electron chi connectivity index (χ4n) is 3.62. The summed E-state index contributed by atoms with van der Waals surface area (Å²) in [7, 11) is -3.57. The first-order valence-electron chi connectivity index (χ1n) is 8.94. The number of rotatable bonds is 5. The molecule has 2 aliphatic rings. The van der Waals surface area contributed by atoms with E-state index in [1.165, 1.54) is 11.3 Å². The molecule has 1 aromatic carbocycles. The van der Waals surface area contributed by atoms with Crippen LogP contribution >= 0.6 is 11.3 Å². The predicted molar refractivity (Wildman–Crippen MR) is 103 cm³/mol. The van der Waals surface area contributed by atoms with Gasteiger partial charge in [-0.15, -0.1) is 11.3 Å². The maximum atomic E-state index is 12.7. The van der Waals surface area contributed by atoms with Gasteiger partial charge in [-0.25, -0.2) is 13.1 Å². The lowest BCUT2D eigenvalue weighted by Crippen LogP contribution is -2.42. The molecule has 5 nitrogen and oxygen atoms in total. The van der Waals surface area contributed by atoms with E-state index >= 15 is 0 Å². The Labute approximate surface area is 158 Å². The zero-order valence-corrected chi connectivity index (χ0v) is 16.3. The average Bonchev–Trinajstić information content (AvgIpc) is 3.17. The topological polar surface area (TPSA) is 66.5 Å². The van der Waals surface area contributed by atoms with Crippen LogP contribution in [0.3, 0.4) is 0 Å². The van der Waals surface area contributed by atoms with Crippen molar-refractivity contribution in [2.24, 2.45) is 5.92 Å². The first kappa shape index (κ1) is 17.7. The molecule has 4 rings (SSSR count). The summed E-state index contributed by atoms with van der Waals surface area (Å²) in [5, 5.41) is 1.92. The van der Waals surface area contributed by atoms with E-state index in [1.807, 2.05) is 29.3 Å². The summed E-state index contributed by atoms with van der Waals surface area (Å²) < 4.78 is 27.9. The van der Waals surface area contributed by atoms with Crippen LogP contribution in [0.25, 0.3) is 0 Å². The molecular formula is C19H22N2O3S2. The second kappa shape index (κ2) is 6.79. The number of hydrogen-bond donors (Lipinski definition) is 1. The van der Waals surface area contributed by atoms with Crippen molar-refractivity contribution in [3.63, 3.8) is 0 Å². The number of thiophene rings is 1. The maximum absolute atomic E-state index is 12.7. The monoisotopic (exact) mass is 390 g/mol. The summed E-state index contributed by atoms with van der Waals surface area (Å²) in [6.07, 6.45) is 3.76. The van der Waals surface area contributed by atoms with E-state index in [2.05, 4.69) is 4.72 Å². The third-order valence-electron chi connectivity index (χ3n) is 5.29. The van der Waals surface area contributed by atoms with Crippen LogP contribution in [-0.2, 0) is 27.8 Å². The quantitative estimate of drug-likeness (QED) is 0.852. The van der Waals surface area contributed by atoms with Gasteiger partial charge in [0.1, 0.15) is 0 Å². The molecule has 1 fully saturated rings. The molecule has 0 bridgehead atoms. The number of amides is 1. The minimum atomic E-state index is -3.57. The molecule has 1 aliphatic heterocycles. The van der Waals surface area contributed by atoms with Crippen molar-refractivity contribution in [1.29, 1.82) is 0 Å². The van der Waals surface area contributed by atoms with Crippen LogP contribution in [0.5, 0.6) is 0 Å². The molecule has 0 radical (unpaired) electrons. The third-order valence-corrected chi connectivity index (χ3v) is 7.56. The minimum absolute atomic E-state index is 0.0788. The Morgan fingerprint density at radius 2 is 2.12 bits per heavy atom. The van der Waals surface area contributed by atoms with E-state index in [4.69, 9.17) is 0 Å². The van der Waals surface area contributed by atoms with Crippen molar-refractivity contribution in [3.8, 4) is 0 Å². The molecule has 2 heterocycles. The lowest BCUT2D eigenvalue weighted by molar-refractivity contribution is -0.125. The highest BCUT2D eigenvalue weighted by Gasteiger charge is 2.37. The van der Waals surface area contributed by atoms with Crippen molar-refractivity contribution in [2.75, 3.05) is 4.90 Å². The maximum Gasteiger partial charge on any atom is 0.240 e. The second-order valence-corrected chi connectivity index (χ2v) is 9.88. The van der Waals surface area contributed by atoms with Gasteiger partial charge >= 0.3 is 0 Å². The molecule has 1 aliphatic carbocycles. The zero-order valence-electron chi connectivity index (χ0n) is 14.6. The molecule has 26 heavy (non-hydrogen) atoms. The van der Waals surface area contributed by atoms with Crippen LogP contribution in [0, 0.1) is 5.92 Å². The number of nitrogens with one attached hydrogen (secondary N) is 1. The smallest absolute Gasteiger partial charge is 0.240 e. The van der Waals surface area contributed by atoms with E-state index in [9.17, 15) is 13.2 Å². The van der Waals surface area contributed by atoms with Crippen LogP contribution in [0.15, 0.2) is 40.6 Å². The molecule has 1 amide bonds. The van der Waals surface area contributed by atoms with Gasteiger partial charge in [-0.05, 0) is 61.4 Å². The lowest BCUT2D eigenvalue weighted by atomic mass is 9.84. The molecule has 0 unspecified atom stereocenters. The molecular weight excluding hydrogens is 368 g/mol. The molecule has 7 heteroatoms. The van der Waals surface area contributed by atoms with Gasteiger partial charge in [0, 0.05) is 29.1 Å². The van der Waals surface area contributed by atoms with Crippen molar-refractivity contribution in [2.45, 2.75) is 50.1 Å². The number of benzene rings is 1. The number of nitrogens with zero attached hydrogens (tertiary/aromatic N) is 1. The van der Waals surface area contributed by atoms with Crippen molar-refractivity contribution >= 4 is 33.0 Å². The molecule has 1 atom stereocenters. The molecule has 2 aromatic rings. The highest BCUT2D eigenvalue weighted by Crippen LogP contribution is 2.38. The summed E-state index contributed by atoms with van der Waals surface area (Å²) >= 11 is 1.52. The Bertz CT molecular complexity index is 918. The van der Waals surface area contributed by atoms with Gasteiger partial charge in [-0.3, -0.25) is 4.79 Å². The van der Waals surface area contributed by atoms with Crippen LogP contribution in [0.1, 0.15) is 36.6 Å². The lowest BCUT2D eigenvalue weighted by Gasteiger charge is -2.32. The van der Waals surface area contributed by atoms with Gasteiger partial charge in [-0.1, -0.05) is 12.5 Å². The molecule has 138 valence electrons. The number of anilines is 1. The standard InChI is InChI=1S/C19H22N2O3S2/c1-13-10-15-11-17(26(23,24)20-12-16-6-3-9-25-16)7-8-18(15)21(13)19(22)14-4-2-5-14/h3,6-9,11,13-14,20H,2,4-5,10,12H2,1H3/t13-/m1/s1. The Balaban J connectivity index is 1.55. The first-order valence-corrected chi connectivity index (χ1v) is 11.3. The van der Waals surface area contributed by atoms with E-state index < -0.39 is 10.0 Å². The summed E-state index contributed by atoms with van der Waals surface area (Å²) in [5.74, 6) is 0.327. The summed E-state index contributed by atoms with van der Waals surface area (Å²) in [4.78, 5) is 15.8. The van der Waals surface area contributed by atoms with Crippen molar-refractivity contribution in [1.82, 2.24) is 4.72 Å². The van der Waals surface area contributed by atoms with E-state index in [0.29, 0.717) is 13.0 Å². The summed E-state index contributed by atoms with van der Waals surface area (Å²) in [6.45, 7) is 2.32. The number of sulfonamides is 1. The van der Waals surface area contributed by atoms with Crippen molar-refractivity contribution < 1.29 is 13.2 Å². The second-order valence-electron chi connectivity index (χ2n) is 7.08. The van der Waals surface area contributed by atoms with Gasteiger partial charge in [0.25, 0.3) is 0 Å². The Hall–Kier alpha value is -1.70. The van der Waals surface area contributed by atoms with Gasteiger partial charge in [-0.2, -0.15) is 0 Å². The number of carbonyl (C=O) groups excluding carboxylic acids is 1. The van der Waals surface area contributed by atoms with Gasteiger partial charge in [0.15, 0.2) is 0 Å². The fourth-order valence-corrected chi connectivity index (χ4v) is 5.42. The van der Waals surface area contributed by atoms with Gasteiger partial charge < -0.3 is 4.90 Å². The molecule has 1 saturated carbocycles.